The van der Waals surface area contributed by atoms with Gasteiger partial charge in [0.2, 0.25) is 0 Å². The summed E-state index contributed by atoms with van der Waals surface area (Å²) in [6.07, 6.45) is 5.19. The Labute approximate surface area is 98.3 Å². The van der Waals surface area contributed by atoms with Crippen LogP contribution in [0.2, 0.25) is 10.2 Å². The zero-order chi connectivity index (χ0) is 10.4. The van der Waals surface area contributed by atoms with Gasteiger partial charge in [-0.15, -0.1) is 0 Å². The van der Waals surface area contributed by atoms with E-state index in [1.54, 1.807) is 6.20 Å². The SMILES string of the molecule is Clc1cc(C2=C[C@@H]3CN[C@@H]3C2)cnc1Cl. The van der Waals surface area contributed by atoms with Crippen molar-refractivity contribution in [1.82, 2.24) is 10.3 Å². The molecule has 2 aliphatic rings. The van der Waals surface area contributed by atoms with Crippen molar-refractivity contribution >= 4 is 28.8 Å². The highest BCUT2D eigenvalue weighted by molar-refractivity contribution is 6.41. The molecule has 1 aromatic heterocycles. The highest BCUT2D eigenvalue weighted by Crippen LogP contribution is 2.36. The molecular formula is C11H10Cl2N2. The second-order valence-corrected chi connectivity index (χ2v) is 4.84. The summed E-state index contributed by atoms with van der Waals surface area (Å²) in [5, 5.41) is 4.31. The van der Waals surface area contributed by atoms with Gasteiger partial charge in [-0.1, -0.05) is 29.3 Å². The average molecular weight is 241 g/mol. The van der Waals surface area contributed by atoms with Crippen molar-refractivity contribution in [3.05, 3.63) is 34.1 Å². The Bertz CT molecular complexity index is 442. The first-order chi connectivity index (χ1) is 7.24. The molecule has 78 valence electrons. The predicted molar refractivity (Wildman–Crippen MR) is 62.1 cm³/mol. The Morgan fingerprint density at radius 2 is 2.27 bits per heavy atom. The van der Waals surface area contributed by atoms with Crippen LogP contribution in [0.1, 0.15) is 12.0 Å². The molecule has 2 atom stereocenters. The second-order valence-electron chi connectivity index (χ2n) is 4.07. The first kappa shape index (κ1) is 9.64. The fourth-order valence-electron chi connectivity index (χ4n) is 2.19. The number of hydrogen-bond donors (Lipinski definition) is 1. The van der Waals surface area contributed by atoms with Gasteiger partial charge < -0.3 is 5.32 Å². The molecule has 0 radical (unpaired) electrons. The maximum absolute atomic E-state index is 5.94. The molecule has 1 aliphatic heterocycles. The number of fused-ring (bicyclic) bond motifs is 1. The van der Waals surface area contributed by atoms with E-state index in [9.17, 15) is 0 Å². The van der Waals surface area contributed by atoms with Gasteiger partial charge in [-0.05, 0) is 23.6 Å². The van der Waals surface area contributed by atoms with E-state index in [1.807, 2.05) is 6.07 Å². The monoisotopic (exact) mass is 240 g/mol. The van der Waals surface area contributed by atoms with Crippen molar-refractivity contribution in [3.63, 3.8) is 0 Å². The van der Waals surface area contributed by atoms with Gasteiger partial charge in [-0.2, -0.15) is 0 Å². The van der Waals surface area contributed by atoms with Gasteiger partial charge >= 0.3 is 0 Å². The van der Waals surface area contributed by atoms with Crippen molar-refractivity contribution in [2.75, 3.05) is 6.54 Å². The Balaban J connectivity index is 1.93. The van der Waals surface area contributed by atoms with E-state index in [0.717, 1.165) is 18.5 Å². The van der Waals surface area contributed by atoms with Crippen LogP contribution in [0.3, 0.4) is 0 Å². The molecule has 1 aliphatic carbocycles. The van der Waals surface area contributed by atoms with Crippen LogP contribution < -0.4 is 5.32 Å². The zero-order valence-electron chi connectivity index (χ0n) is 8.00. The third-order valence-corrected chi connectivity index (χ3v) is 3.84. The molecule has 0 saturated carbocycles. The lowest BCUT2D eigenvalue weighted by atomic mass is 9.95. The Morgan fingerprint density at radius 1 is 1.40 bits per heavy atom. The summed E-state index contributed by atoms with van der Waals surface area (Å²) in [5.41, 5.74) is 2.43. The lowest BCUT2D eigenvalue weighted by Crippen LogP contribution is -2.49. The topological polar surface area (TPSA) is 24.9 Å². The molecule has 15 heavy (non-hydrogen) atoms. The number of rotatable bonds is 1. The Morgan fingerprint density at radius 3 is 2.80 bits per heavy atom. The van der Waals surface area contributed by atoms with Crippen molar-refractivity contribution in [2.45, 2.75) is 12.5 Å². The molecule has 1 N–H and O–H groups in total. The van der Waals surface area contributed by atoms with E-state index in [-0.39, 0.29) is 0 Å². The average Bonchev–Trinajstić information content (AvgIpc) is 2.48. The summed E-state index contributed by atoms with van der Waals surface area (Å²) < 4.78 is 0. The quantitative estimate of drug-likeness (QED) is 0.764. The molecule has 1 saturated heterocycles. The van der Waals surface area contributed by atoms with Crippen LogP contribution in [0, 0.1) is 5.92 Å². The van der Waals surface area contributed by atoms with E-state index in [0.29, 0.717) is 22.1 Å². The van der Waals surface area contributed by atoms with Crippen molar-refractivity contribution in [1.29, 1.82) is 0 Å². The van der Waals surface area contributed by atoms with Crippen molar-refractivity contribution in [2.24, 2.45) is 5.92 Å². The number of nitrogens with zero attached hydrogens (tertiary/aromatic N) is 1. The maximum Gasteiger partial charge on any atom is 0.147 e. The standard InChI is InChI=1S/C11H10Cl2N2/c12-9-2-7(4-15-11(9)13)6-1-8-5-14-10(8)3-6/h1-2,4,8,10,14H,3,5H2/t8-,10-/m1/s1. The number of halogens is 2. The van der Waals surface area contributed by atoms with E-state index in [4.69, 9.17) is 23.2 Å². The van der Waals surface area contributed by atoms with Gasteiger partial charge in [-0.3, -0.25) is 0 Å². The van der Waals surface area contributed by atoms with Crippen LogP contribution in [-0.4, -0.2) is 17.6 Å². The maximum atomic E-state index is 5.94. The summed E-state index contributed by atoms with van der Waals surface area (Å²) in [6.45, 7) is 1.10. The molecule has 0 amide bonds. The van der Waals surface area contributed by atoms with Crippen LogP contribution in [0.5, 0.6) is 0 Å². The fourth-order valence-corrected chi connectivity index (χ4v) is 2.46. The molecule has 3 rings (SSSR count). The normalized spacial score (nSPS) is 28.3. The number of nitrogens with one attached hydrogen (secondary N) is 1. The molecular weight excluding hydrogens is 231 g/mol. The van der Waals surface area contributed by atoms with Crippen LogP contribution in [0.25, 0.3) is 5.57 Å². The smallest absolute Gasteiger partial charge is 0.147 e. The predicted octanol–water partition coefficient (Wildman–Crippen LogP) is 2.76. The molecule has 2 heterocycles. The molecule has 0 aromatic carbocycles. The lowest BCUT2D eigenvalue weighted by molar-refractivity contribution is 0.306. The summed E-state index contributed by atoms with van der Waals surface area (Å²) in [5.74, 6) is 0.703. The first-order valence-electron chi connectivity index (χ1n) is 4.99. The van der Waals surface area contributed by atoms with E-state index >= 15 is 0 Å². The lowest BCUT2D eigenvalue weighted by Gasteiger charge is -2.31. The molecule has 0 unspecified atom stereocenters. The number of aromatic nitrogens is 1. The highest BCUT2D eigenvalue weighted by atomic mass is 35.5. The number of hydrogen-bond acceptors (Lipinski definition) is 2. The van der Waals surface area contributed by atoms with Crippen LogP contribution in [-0.2, 0) is 0 Å². The summed E-state index contributed by atoms with van der Waals surface area (Å²) in [6, 6.07) is 2.53. The van der Waals surface area contributed by atoms with Crippen LogP contribution in [0.4, 0.5) is 0 Å². The fraction of sp³-hybridized carbons (Fsp3) is 0.364. The zero-order valence-corrected chi connectivity index (χ0v) is 9.52. The first-order valence-corrected chi connectivity index (χ1v) is 5.75. The molecule has 1 aromatic rings. The minimum atomic E-state index is 0.375. The van der Waals surface area contributed by atoms with Gasteiger partial charge in [-0.25, -0.2) is 4.98 Å². The summed E-state index contributed by atoms with van der Waals surface area (Å²) in [7, 11) is 0. The van der Waals surface area contributed by atoms with Crippen LogP contribution in [0.15, 0.2) is 18.3 Å². The molecule has 0 spiro atoms. The van der Waals surface area contributed by atoms with Crippen LogP contribution >= 0.6 is 23.2 Å². The Hall–Kier alpha value is -0.570. The minimum Gasteiger partial charge on any atom is -0.312 e. The van der Waals surface area contributed by atoms with Crippen molar-refractivity contribution in [3.8, 4) is 0 Å². The Kier molecular flexibility index (Phi) is 2.23. The third kappa shape index (κ3) is 1.57. The number of pyridine rings is 1. The molecule has 4 heteroatoms. The second kappa shape index (κ2) is 3.48. The molecule has 0 bridgehead atoms. The summed E-state index contributed by atoms with van der Waals surface area (Å²) >= 11 is 11.7. The third-order valence-electron chi connectivity index (χ3n) is 3.15. The van der Waals surface area contributed by atoms with E-state index < -0.39 is 0 Å². The highest BCUT2D eigenvalue weighted by Gasteiger charge is 2.34. The summed E-state index contributed by atoms with van der Waals surface area (Å²) in [4.78, 5) is 4.07. The molecule has 2 nitrogen and oxygen atoms in total. The van der Waals surface area contributed by atoms with Gasteiger partial charge in [0, 0.05) is 24.7 Å². The van der Waals surface area contributed by atoms with Gasteiger partial charge in [0.25, 0.3) is 0 Å². The van der Waals surface area contributed by atoms with Crippen molar-refractivity contribution < 1.29 is 0 Å². The molecule has 1 fully saturated rings. The van der Waals surface area contributed by atoms with Gasteiger partial charge in [0.05, 0.1) is 5.02 Å². The van der Waals surface area contributed by atoms with E-state index in [2.05, 4.69) is 16.4 Å². The van der Waals surface area contributed by atoms with Gasteiger partial charge in [0.15, 0.2) is 0 Å². The van der Waals surface area contributed by atoms with E-state index in [1.165, 1.54) is 5.57 Å². The largest absolute Gasteiger partial charge is 0.312 e. The minimum absolute atomic E-state index is 0.375. The van der Waals surface area contributed by atoms with Gasteiger partial charge in [0.1, 0.15) is 5.15 Å².